The summed E-state index contributed by atoms with van der Waals surface area (Å²) < 4.78 is 17.4. The summed E-state index contributed by atoms with van der Waals surface area (Å²) in [6, 6.07) is 12.2. The maximum Gasteiger partial charge on any atom is 0.319 e. The van der Waals surface area contributed by atoms with E-state index in [1.165, 1.54) is 21.3 Å². The Balaban J connectivity index is 1.68. The van der Waals surface area contributed by atoms with Gasteiger partial charge in [-0.05, 0) is 22.6 Å². The molecule has 0 spiro atoms. The molecule has 0 aliphatic heterocycles. The number of aromatic nitrogens is 4. The van der Waals surface area contributed by atoms with E-state index < -0.39 is 6.03 Å². The second kappa shape index (κ2) is 8.71. The number of benzene rings is 2. The predicted molar refractivity (Wildman–Crippen MR) is 101 cm³/mol. The first-order valence-electron chi connectivity index (χ1n) is 8.33. The number of methoxy groups -OCH3 is 3. The molecule has 28 heavy (non-hydrogen) atoms. The summed E-state index contributed by atoms with van der Waals surface area (Å²) in [5.41, 5.74) is 1.28. The first-order chi connectivity index (χ1) is 13.7. The zero-order valence-electron chi connectivity index (χ0n) is 15.7. The van der Waals surface area contributed by atoms with Crippen LogP contribution in [-0.2, 0) is 6.54 Å². The number of ether oxygens (including phenoxy) is 3. The third-order valence-corrected chi connectivity index (χ3v) is 3.86. The molecule has 0 radical (unpaired) electrons. The maximum absolute atomic E-state index is 12.3. The van der Waals surface area contributed by atoms with E-state index in [0.29, 0.717) is 28.8 Å². The normalized spacial score (nSPS) is 10.2. The van der Waals surface area contributed by atoms with Crippen molar-refractivity contribution in [3.8, 4) is 22.9 Å². The number of rotatable bonds is 7. The third-order valence-electron chi connectivity index (χ3n) is 3.86. The fraction of sp³-hybridized carbons (Fsp3) is 0.222. The van der Waals surface area contributed by atoms with Gasteiger partial charge in [-0.1, -0.05) is 18.2 Å². The number of para-hydroxylation sites is 1. The van der Waals surface area contributed by atoms with Crippen LogP contribution in [0.15, 0.2) is 42.5 Å². The van der Waals surface area contributed by atoms with Gasteiger partial charge in [-0.25, -0.2) is 4.79 Å². The number of nitrogens with zero attached hydrogens (tertiary/aromatic N) is 4. The number of carbonyl (C=O) groups excluding carboxylic acids is 1. The Kier molecular flexibility index (Phi) is 5.90. The number of tetrazole rings is 1. The van der Waals surface area contributed by atoms with Gasteiger partial charge in [-0.15, -0.1) is 5.10 Å². The van der Waals surface area contributed by atoms with Crippen molar-refractivity contribution < 1.29 is 19.0 Å². The van der Waals surface area contributed by atoms with Gasteiger partial charge in [0, 0.05) is 12.1 Å². The fourth-order valence-corrected chi connectivity index (χ4v) is 2.57. The Bertz CT molecular complexity index is 919. The second-order valence-corrected chi connectivity index (χ2v) is 5.56. The Labute approximate surface area is 161 Å². The van der Waals surface area contributed by atoms with Gasteiger partial charge >= 0.3 is 6.03 Å². The third kappa shape index (κ3) is 4.11. The van der Waals surface area contributed by atoms with E-state index in [1.54, 1.807) is 16.8 Å². The summed E-state index contributed by atoms with van der Waals surface area (Å²) in [7, 11) is 4.52. The summed E-state index contributed by atoms with van der Waals surface area (Å²) >= 11 is 0. The highest BCUT2D eigenvalue weighted by molar-refractivity contribution is 5.90. The molecule has 2 amide bonds. The Morgan fingerprint density at radius 3 is 2.32 bits per heavy atom. The molecule has 0 unspecified atom stereocenters. The predicted octanol–water partition coefficient (Wildman–Crippen LogP) is 2.01. The van der Waals surface area contributed by atoms with Crippen LogP contribution in [0.4, 0.5) is 10.5 Å². The topological polar surface area (TPSA) is 112 Å². The van der Waals surface area contributed by atoms with Crippen LogP contribution in [-0.4, -0.2) is 47.6 Å². The van der Waals surface area contributed by atoms with Gasteiger partial charge in [-0.2, -0.15) is 4.68 Å². The molecule has 3 aromatic rings. The molecule has 0 bridgehead atoms. The molecule has 146 valence electrons. The monoisotopic (exact) mass is 384 g/mol. The van der Waals surface area contributed by atoms with Crippen molar-refractivity contribution in [1.82, 2.24) is 25.5 Å². The average molecular weight is 384 g/mol. The van der Waals surface area contributed by atoms with Crippen LogP contribution in [0, 0.1) is 0 Å². The van der Waals surface area contributed by atoms with Gasteiger partial charge in [0.2, 0.25) is 5.75 Å². The smallest absolute Gasteiger partial charge is 0.319 e. The number of urea groups is 1. The van der Waals surface area contributed by atoms with Crippen LogP contribution in [0.2, 0.25) is 0 Å². The van der Waals surface area contributed by atoms with Crippen LogP contribution in [0.1, 0.15) is 5.82 Å². The highest BCUT2D eigenvalue weighted by atomic mass is 16.5. The fourth-order valence-electron chi connectivity index (χ4n) is 2.57. The molecular weight excluding hydrogens is 364 g/mol. The molecule has 1 aromatic heterocycles. The number of amides is 2. The van der Waals surface area contributed by atoms with Crippen molar-refractivity contribution in [1.29, 1.82) is 0 Å². The summed E-state index contributed by atoms with van der Waals surface area (Å²) in [6.07, 6.45) is 0. The van der Waals surface area contributed by atoms with E-state index in [0.717, 1.165) is 5.69 Å². The lowest BCUT2D eigenvalue weighted by molar-refractivity contribution is 0.251. The van der Waals surface area contributed by atoms with Crippen molar-refractivity contribution in [3.63, 3.8) is 0 Å². The van der Waals surface area contributed by atoms with Crippen LogP contribution in [0.5, 0.6) is 17.2 Å². The standard InChI is InChI=1S/C18H20N6O4/c1-26-14-9-12(10-15(27-2)17(14)28-3)20-18(25)19-11-16-21-22-23-24(16)13-7-5-4-6-8-13/h4-10H,11H2,1-3H3,(H2,19,20,25). The molecule has 10 heteroatoms. The summed E-state index contributed by atoms with van der Waals surface area (Å²) in [5.74, 6) is 1.81. The van der Waals surface area contributed by atoms with Crippen LogP contribution >= 0.6 is 0 Å². The lowest BCUT2D eigenvalue weighted by Gasteiger charge is -2.14. The largest absolute Gasteiger partial charge is 0.493 e. The lowest BCUT2D eigenvalue weighted by atomic mass is 10.2. The van der Waals surface area contributed by atoms with Crippen molar-refractivity contribution in [2.45, 2.75) is 6.54 Å². The minimum absolute atomic E-state index is 0.137. The zero-order valence-corrected chi connectivity index (χ0v) is 15.7. The highest BCUT2D eigenvalue weighted by Gasteiger charge is 2.15. The van der Waals surface area contributed by atoms with Gasteiger partial charge in [0.15, 0.2) is 17.3 Å². The Morgan fingerprint density at radius 2 is 1.71 bits per heavy atom. The van der Waals surface area contributed by atoms with Crippen LogP contribution in [0.3, 0.4) is 0 Å². The van der Waals surface area contributed by atoms with E-state index in [1.807, 2.05) is 30.3 Å². The molecule has 0 atom stereocenters. The van der Waals surface area contributed by atoms with Crippen LogP contribution < -0.4 is 24.8 Å². The molecule has 10 nitrogen and oxygen atoms in total. The highest BCUT2D eigenvalue weighted by Crippen LogP contribution is 2.39. The Hall–Kier alpha value is -3.82. The van der Waals surface area contributed by atoms with Gasteiger partial charge in [0.25, 0.3) is 0 Å². The van der Waals surface area contributed by atoms with E-state index >= 15 is 0 Å². The van der Waals surface area contributed by atoms with Gasteiger partial charge in [0.1, 0.15) is 0 Å². The number of carbonyl (C=O) groups is 1. The molecule has 3 rings (SSSR count). The van der Waals surface area contributed by atoms with Crippen molar-refractivity contribution >= 4 is 11.7 Å². The van der Waals surface area contributed by atoms with Crippen molar-refractivity contribution in [3.05, 3.63) is 48.3 Å². The lowest BCUT2D eigenvalue weighted by Crippen LogP contribution is -2.29. The number of hydrogen-bond donors (Lipinski definition) is 2. The number of nitrogens with one attached hydrogen (secondary N) is 2. The molecule has 2 N–H and O–H groups in total. The summed E-state index contributed by atoms with van der Waals surface area (Å²) in [5, 5.41) is 17.0. The van der Waals surface area contributed by atoms with Crippen LogP contribution in [0.25, 0.3) is 5.69 Å². The maximum atomic E-state index is 12.3. The molecule has 2 aromatic carbocycles. The molecule has 0 saturated heterocycles. The molecule has 0 fully saturated rings. The van der Waals surface area contributed by atoms with E-state index in [-0.39, 0.29) is 6.54 Å². The van der Waals surface area contributed by atoms with E-state index in [9.17, 15) is 4.79 Å². The molecule has 0 saturated carbocycles. The van der Waals surface area contributed by atoms with Gasteiger partial charge < -0.3 is 24.8 Å². The van der Waals surface area contributed by atoms with Crippen molar-refractivity contribution in [2.75, 3.05) is 26.6 Å². The van der Waals surface area contributed by atoms with E-state index in [2.05, 4.69) is 26.2 Å². The molecule has 0 aliphatic carbocycles. The van der Waals surface area contributed by atoms with Gasteiger partial charge in [-0.3, -0.25) is 0 Å². The number of anilines is 1. The minimum atomic E-state index is -0.433. The van der Waals surface area contributed by atoms with Crippen molar-refractivity contribution in [2.24, 2.45) is 0 Å². The summed E-state index contributed by atoms with van der Waals surface area (Å²) in [4.78, 5) is 12.3. The number of hydrogen-bond acceptors (Lipinski definition) is 7. The average Bonchev–Trinajstić information content (AvgIpc) is 3.20. The zero-order chi connectivity index (χ0) is 19.9. The first kappa shape index (κ1) is 19.0. The van der Waals surface area contributed by atoms with E-state index in [4.69, 9.17) is 14.2 Å². The molecule has 1 heterocycles. The summed E-state index contributed by atoms with van der Waals surface area (Å²) in [6.45, 7) is 0.137. The minimum Gasteiger partial charge on any atom is -0.493 e. The second-order valence-electron chi connectivity index (χ2n) is 5.56. The Morgan fingerprint density at radius 1 is 1.04 bits per heavy atom. The quantitative estimate of drug-likeness (QED) is 0.641. The first-order valence-corrected chi connectivity index (χ1v) is 8.33. The molecular formula is C18H20N6O4. The SMILES string of the molecule is COc1cc(NC(=O)NCc2nnnn2-c2ccccc2)cc(OC)c1OC. The van der Waals surface area contributed by atoms with Gasteiger partial charge in [0.05, 0.1) is 39.2 Å². The molecule has 0 aliphatic rings.